The van der Waals surface area contributed by atoms with Crippen molar-refractivity contribution in [1.29, 1.82) is 0 Å². The summed E-state index contributed by atoms with van der Waals surface area (Å²) < 4.78 is 5.58. The lowest BCUT2D eigenvalue weighted by molar-refractivity contribution is 0.0729. The summed E-state index contributed by atoms with van der Waals surface area (Å²) in [5, 5.41) is 4.13. The van der Waals surface area contributed by atoms with Crippen LogP contribution in [0.3, 0.4) is 0 Å². The van der Waals surface area contributed by atoms with Crippen molar-refractivity contribution in [2.45, 2.75) is 25.6 Å². The van der Waals surface area contributed by atoms with Gasteiger partial charge in [-0.15, -0.1) is 0 Å². The van der Waals surface area contributed by atoms with Crippen LogP contribution < -0.4 is 5.32 Å². The first-order chi connectivity index (χ1) is 9.22. The highest BCUT2D eigenvalue weighted by Gasteiger charge is 2.20. The number of H-pyrrole nitrogens is 1. The summed E-state index contributed by atoms with van der Waals surface area (Å²) in [5.41, 5.74) is 2.04. The summed E-state index contributed by atoms with van der Waals surface area (Å²) in [6.45, 7) is 2.79. The molecule has 2 N–H and O–H groups in total. The first-order valence-electron chi connectivity index (χ1n) is 6.20. The molecule has 1 aromatic heterocycles. The minimum absolute atomic E-state index is 0.0865. The SMILES string of the molecule is COC(c1ccccc1Cl)C(C)NCc1cnc[nH]1. The highest BCUT2D eigenvalue weighted by Crippen LogP contribution is 2.27. The number of methoxy groups -OCH3 is 1. The molecule has 0 aliphatic rings. The molecule has 0 aliphatic carbocycles. The van der Waals surface area contributed by atoms with Gasteiger partial charge < -0.3 is 15.0 Å². The van der Waals surface area contributed by atoms with E-state index < -0.39 is 0 Å². The van der Waals surface area contributed by atoms with Gasteiger partial charge in [0.25, 0.3) is 0 Å². The third kappa shape index (κ3) is 3.56. The molecule has 2 aromatic rings. The second kappa shape index (κ2) is 6.70. The maximum Gasteiger partial charge on any atom is 0.0985 e. The molecule has 0 bridgehead atoms. The Kier molecular flexibility index (Phi) is 4.96. The fourth-order valence-corrected chi connectivity index (χ4v) is 2.31. The van der Waals surface area contributed by atoms with Crippen molar-refractivity contribution in [2.75, 3.05) is 7.11 Å². The lowest BCUT2D eigenvalue weighted by atomic mass is 10.0. The van der Waals surface area contributed by atoms with Gasteiger partial charge in [-0.3, -0.25) is 0 Å². The summed E-state index contributed by atoms with van der Waals surface area (Å²) in [7, 11) is 1.70. The number of nitrogens with one attached hydrogen (secondary N) is 2. The van der Waals surface area contributed by atoms with Crippen molar-refractivity contribution in [3.63, 3.8) is 0 Å². The quantitative estimate of drug-likeness (QED) is 0.855. The van der Waals surface area contributed by atoms with E-state index in [2.05, 4.69) is 22.2 Å². The molecule has 0 fully saturated rings. The molecule has 102 valence electrons. The number of ether oxygens (including phenoxy) is 1. The minimum Gasteiger partial charge on any atom is -0.375 e. The Morgan fingerprint density at radius 3 is 2.84 bits per heavy atom. The second-order valence-corrected chi connectivity index (χ2v) is 4.83. The van der Waals surface area contributed by atoms with Gasteiger partial charge in [-0.2, -0.15) is 0 Å². The van der Waals surface area contributed by atoms with Crippen LogP contribution >= 0.6 is 11.6 Å². The van der Waals surface area contributed by atoms with Gasteiger partial charge in [0.1, 0.15) is 0 Å². The van der Waals surface area contributed by atoms with Crippen molar-refractivity contribution in [3.05, 3.63) is 53.1 Å². The number of halogens is 1. The number of hydrogen-bond acceptors (Lipinski definition) is 3. The number of imidazole rings is 1. The third-order valence-electron chi connectivity index (χ3n) is 3.09. The van der Waals surface area contributed by atoms with Gasteiger partial charge in [0, 0.05) is 42.2 Å². The molecule has 5 heteroatoms. The van der Waals surface area contributed by atoms with E-state index in [0.717, 1.165) is 16.3 Å². The maximum absolute atomic E-state index is 6.22. The summed E-state index contributed by atoms with van der Waals surface area (Å²) in [6.07, 6.45) is 3.39. The van der Waals surface area contributed by atoms with Crippen LogP contribution in [-0.2, 0) is 11.3 Å². The zero-order valence-corrected chi connectivity index (χ0v) is 11.8. The van der Waals surface area contributed by atoms with Crippen LogP contribution in [0.15, 0.2) is 36.8 Å². The largest absolute Gasteiger partial charge is 0.375 e. The van der Waals surface area contributed by atoms with Gasteiger partial charge in [-0.25, -0.2) is 4.98 Å². The molecule has 0 saturated carbocycles. The van der Waals surface area contributed by atoms with Crippen molar-refractivity contribution < 1.29 is 4.74 Å². The van der Waals surface area contributed by atoms with Gasteiger partial charge in [0.2, 0.25) is 0 Å². The Morgan fingerprint density at radius 1 is 1.42 bits per heavy atom. The van der Waals surface area contributed by atoms with E-state index in [1.165, 1.54) is 0 Å². The standard InChI is InChI=1S/C14H18ClN3O/c1-10(17-8-11-7-16-9-18-11)14(19-2)12-5-3-4-6-13(12)15/h3-7,9-10,14,17H,8H2,1-2H3,(H,16,18). The van der Waals surface area contributed by atoms with Crippen molar-refractivity contribution in [2.24, 2.45) is 0 Å². The highest BCUT2D eigenvalue weighted by atomic mass is 35.5. The Bertz CT molecular complexity index is 501. The Labute approximate surface area is 118 Å². The van der Waals surface area contributed by atoms with Crippen LogP contribution in [0.4, 0.5) is 0 Å². The van der Waals surface area contributed by atoms with Crippen LogP contribution in [0, 0.1) is 0 Å². The second-order valence-electron chi connectivity index (χ2n) is 4.42. The van der Waals surface area contributed by atoms with Gasteiger partial charge in [0.05, 0.1) is 12.4 Å². The molecular weight excluding hydrogens is 262 g/mol. The number of aromatic nitrogens is 2. The van der Waals surface area contributed by atoms with Gasteiger partial charge >= 0.3 is 0 Å². The van der Waals surface area contributed by atoms with Crippen LogP contribution in [0.2, 0.25) is 5.02 Å². The lowest BCUT2D eigenvalue weighted by Gasteiger charge is -2.24. The van der Waals surface area contributed by atoms with Crippen LogP contribution in [0.25, 0.3) is 0 Å². The van der Waals surface area contributed by atoms with E-state index >= 15 is 0 Å². The summed E-state index contributed by atoms with van der Waals surface area (Å²) in [4.78, 5) is 7.05. The molecular formula is C14H18ClN3O. The molecule has 0 aliphatic heterocycles. The highest BCUT2D eigenvalue weighted by molar-refractivity contribution is 6.31. The van der Waals surface area contributed by atoms with Gasteiger partial charge in [-0.1, -0.05) is 29.8 Å². The average Bonchev–Trinajstić information content (AvgIpc) is 2.92. The van der Waals surface area contributed by atoms with E-state index in [1.54, 1.807) is 19.6 Å². The minimum atomic E-state index is -0.0865. The first kappa shape index (κ1) is 14.1. The predicted octanol–water partition coefficient (Wildman–Crippen LogP) is 2.93. The Hall–Kier alpha value is -1.36. The van der Waals surface area contributed by atoms with Crippen LogP contribution in [0.5, 0.6) is 0 Å². The summed E-state index contributed by atoms with van der Waals surface area (Å²) in [6, 6.07) is 7.89. The molecule has 0 amide bonds. The predicted molar refractivity (Wildman–Crippen MR) is 76.1 cm³/mol. The van der Waals surface area contributed by atoms with E-state index in [4.69, 9.17) is 16.3 Å². The fraction of sp³-hybridized carbons (Fsp3) is 0.357. The van der Waals surface area contributed by atoms with E-state index in [9.17, 15) is 0 Å². The van der Waals surface area contributed by atoms with E-state index in [1.807, 2.05) is 24.3 Å². The average molecular weight is 280 g/mol. The topological polar surface area (TPSA) is 49.9 Å². The number of aromatic amines is 1. The van der Waals surface area contributed by atoms with Gasteiger partial charge in [0.15, 0.2) is 0 Å². The number of benzene rings is 1. The summed E-state index contributed by atoms with van der Waals surface area (Å²) in [5.74, 6) is 0. The smallest absolute Gasteiger partial charge is 0.0985 e. The molecule has 1 heterocycles. The molecule has 0 saturated heterocycles. The number of rotatable bonds is 6. The third-order valence-corrected chi connectivity index (χ3v) is 3.43. The number of nitrogens with zero attached hydrogens (tertiary/aromatic N) is 1. The maximum atomic E-state index is 6.22. The Balaban J connectivity index is 2.03. The van der Waals surface area contributed by atoms with Gasteiger partial charge in [-0.05, 0) is 13.0 Å². The number of hydrogen-bond donors (Lipinski definition) is 2. The zero-order valence-electron chi connectivity index (χ0n) is 11.1. The molecule has 0 radical (unpaired) electrons. The lowest BCUT2D eigenvalue weighted by Crippen LogP contribution is -2.33. The first-order valence-corrected chi connectivity index (χ1v) is 6.58. The van der Waals surface area contributed by atoms with Crippen molar-refractivity contribution in [3.8, 4) is 0 Å². The normalized spacial score (nSPS) is 14.3. The summed E-state index contributed by atoms with van der Waals surface area (Å²) >= 11 is 6.22. The van der Waals surface area contributed by atoms with Crippen LogP contribution in [0.1, 0.15) is 24.3 Å². The fourth-order valence-electron chi connectivity index (χ4n) is 2.07. The molecule has 2 atom stereocenters. The molecule has 19 heavy (non-hydrogen) atoms. The van der Waals surface area contributed by atoms with Crippen molar-refractivity contribution >= 4 is 11.6 Å². The molecule has 1 aromatic carbocycles. The zero-order chi connectivity index (χ0) is 13.7. The molecule has 0 spiro atoms. The molecule has 2 rings (SSSR count). The molecule has 4 nitrogen and oxygen atoms in total. The Morgan fingerprint density at radius 2 is 2.21 bits per heavy atom. The molecule has 2 unspecified atom stereocenters. The van der Waals surface area contributed by atoms with E-state index in [-0.39, 0.29) is 12.1 Å². The van der Waals surface area contributed by atoms with Crippen LogP contribution in [-0.4, -0.2) is 23.1 Å². The van der Waals surface area contributed by atoms with E-state index in [0.29, 0.717) is 6.54 Å². The van der Waals surface area contributed by atoms with Crippen molar-refractivity contribution in [1.82, 2.24) is 15.3 Å². The monoisotopic (exact) mass is 279 g/mol.